The fraction of sp³-hybridized carbons (Fsp3) is 0.381. The number of benzene rings is 2. The van der Waals surface area contributed by atoms with E-state index in [9.17, 15) is 0 Å². The minimum atomic E-state index is 0. The van der Waals surface area contributed by atoms with Crippen LogP contribution in [0.15, 0.2) is 47.5 Å². The quantitative estimate of drug-likeness (QED) is 0.314. The van der Waals surface area contributed by atoms with Crippen LogP contribution in [-0.4, -0.2) is 40.4 Å². The monoisotopic (exact) mass is 499 g/mol. The highest BCUT2D eigenvalue weighted by molar-refractivity contribution is 14.0. The molecule has 2 N–H and O–H groups in total. The SMILES string of the molecule is CCNC(=NCc1ccc(OC)cc1)NCCc1cc(OC)ccc1OC.I. The lowest BCUT2D eigenvalue weighted by Gasteiger charge is -2.13. The van der Waals surface area contributed by atoms with Crippen molar-refractivity contribution in [2.75, 3.05) is 34.4 Å². The van der Waals surface area contributed by atoms with Crippen molar-refractivity contribution in [2.24, 2.45) is 4.99 Å². The molecule has 0 saturated carbocycles. The summed E-state index contributed by atoms with van der Waals surface area (Å²) >= 11 is 0. The summed E-state index contributed by atoms with van der Waals surface area (Å²) in [5.74, 6) is 3.32. The molecule has 0 atom stereocenters. The molecule has 154 valence electrons. The fourth-order valence-electron chi connectivity index (χ4n) is 2.64. The largest absolute Gasteiger partial charge is 0.497 e. The Morgan fingerprint density at radius 2 is 1.57 bits per heavy atom. The maximum atomic E-state index is 5.43. The lowest BCUT2D eigenvalue weighted by Crippen LogP contribution is -2.38. The number of hydrogen-bond donors (Lipinski definition) is 2. The van der Waals surface area contributed by atoms with Crippen LogP contribution in [0.2, 0.25) is 0 Å². The fourth-order valence-corrected chi connectivity index (χ4v) is 2.64. The first kappa shape index (κ1) is 23.9. The molecule has 2 aromatic carbocycles. The molecule has 7 heteroatoms. The number of rotatable bonds is 9. The lowest BCUT2D eigenvalue weighted by molar-refractivity contribution is 0.398. The molecule has 2 rings (SSSR count). The van der Waals surface area contributed by atoms with Gasteiger partial charge in [-0.25, -0.2) is 4.99 Å². The smallest absolute Gasteiger partial charge is 0.191 e. The van der Waals surface area contributed by atoms with Crippen LogP contribution in [0.25, 0.3) is 0 Å². The van der Waals surface area contributed by atoms with Crippen LogP contribution in [0.1, 0.15) is 18.1 Å². The van der Waals surface area contributed by atoms with E-state index >= 15 is 0 Å². The Kier molecular flexibility index (Phi) is 11.2. The molecule has 0 aliphatic heterocycles. The first-order chi connectivity index (χ1) is 13.2. The van der Waals surface area contributed by atoms with Crippen molar-refractivity contribution < 1.29 is 14.2 Å². The number of methoxy groups -OCH3 is 3. The number of aliphatic imine (C=N–C) groups is 1. The summed E-state index contributed by atoms with van der Waals surface area (Å²) in [7, 11) is 5.01. The van der Waals surface area contributed by atoms with Crippen LogP contribution >= 0.6 is 24.0 Å². The molecular formula is C21H30IN3O3. The minimum absolute atomic E-state index is 0. The van der Waals surface area contributed by atoms with Crippen molar-refractivity contribution in [3.8, 4) is 17.2 Å². The zero-order valence-corrected chi connectivity index (χ0v) is 19.3. The number of halogens is 1. The van der Waals surface area contributed by atoms with Gasteiger partial charge in [-0.3, -0.25) is 0 Å². The van der Waals surface area contributed by atoms with Gasteiger partial charge in [-0.2, -0.15) is 0 Å². The van der Waals surface area contributed by atoms with Gasteiger partial charge in [0.25, 0.3) is 0 Å². The number of nitrogens with zero attached hydrogens (tertiary/aromatic N) is 1. The summed E-state index contributed by atoms with van der Waals surface area (Å²) in [6.07, 6.45) is 0.799. The molecule has 0 unspecified atom stereocenters. The van der Waals surface area contributed by atoms with E-state index in [1.54, 1.807) is 21.3 Å². The third kappa shape index (κ3) is 7.46. The second-order valence-corrected chi connectivity index (χ2v) is 5.90. The molecule has 0 heterocycles. The maximum absolute atomic E-state index is 5.43. The van der Waals surface area contributed by atoms with Crippen LogP contribution < -0.4 is 24.8 Å². The third-order valence-electron chi connectivity index (χ3n) is 4.10. The van der Waals surface area contributed by atoms with E-state index in [1.807, 2.05) is 42.5 Å². The molecule has 0 aromatic heterocycles. The molecule has 0 aliphatic rings. The number of nitrogens with one attached hydrogen (secondary N) is 2. The Labute approximate surface area is 184 Å². The first-order valence-electron chi connectivity index (χ1n) is 9.06. The molecule has 0 aliphatic carbocycles. The Bertz CT molecular complexity index is 736. The highest BCUT2D eigenvalue weighted by atomic mass is 127. The van der Waals surface area contributed by atoms with E-state index in [0.717, 1.165) is 53.8 Å². The number of guanidine groups is 1. The normalized spacial score (nSPS) is 10.6. The second kappa shape index (κ2) is 13.1. The van der Waals surface area contributed by atoms with Gasteiger partial charge in [-0.05, 0) is 54.8 Å². The number of hydrogen-bond acceptors (Lipinski definition) is 4. The van der Waals surface area contributed by atoms with Gasteiger partial charge in [0, 0.05) is 13.1 Å². The zero-order valence-electron chi connectivity index (χ0n) is 17.0. The minimum Gasteiger partial charge on any atom is -0.497 e. The van der Waals surface area contributed by atoms with E-state index < -0.39 is 0 Å². The van der Waals surface area contributed by atoms with Crippen molar-refractivity contribution in [1.82, 2.24) is 10.6 Å². The molecule has 0 fully saturated rings. The molecule has 0 amide bonds. The van der Waals surface area contributed by atoms with E-state index in [-0.39, 0.29) is 24.0 Å². The van der Waals surface area contributed by atoms with E-state index in [1.165, 1.54) is 0 Å². The summed E-state index contributed by atoms with van der Waals surface area (Å²) < 4.78 is 15.9. The molecule has 0 spiro atoms. The predicted octanol–water partition coefficient (Wildman–Crippen LogP) is 3.63. The van der Waals surface area contributed by atoms with Gasteiger partial charge in [0.05, 0.1) is 27.9 Å². The standard InChI is InChI=1S/C21H29N3O3.HI/c1-5-22-21(24-15-16-6-8-18(25-2)9-7-16)23-13-12-17-14-19(26-3)10-11-20(17)27-4;/h6-11,14H,5,12-13,15H2,1-4H3,(H2,22,23,24);1H. The Balaban J connectivity index is 0.00000392. The van der Waals surface area contributed by atoms with Gasteiger partial charge >= 0.3 is 0 Å². The molecule has 6 nitrogen and oxygen atoms in total. The summed E-state index contributed by atoms with van der Waals surface area (Å²) in [6, 6.07) is 13.8. The van der Waals surface area contributed by atoms with Gasteiger partial charge in [0.2, 0.25) is 0 Å². The topological polar surface area (TPSA) is 64.1 Å². The Morgan fingerprint density at radius 3 is 2.18 bits per heavy atom. The number of ether oxygens (including phenoxy) is 3. The molecular weight excluding hydrogens is 469 g/mol. The summed E-state index contributed by atoms with van der Waals surface area (Å²) in [5, 5.41) is 6.64. The summed E-state index contributed by atoms with van der Waals surface area (Å²) in [5.41, 5.74) is 2.22. The van der Waals surface area contributed by atoms with Crippen LogP contribution in [0.5, 0.6) is 17.2 Å². The van der Waals surface area contributed by atoms with Gasteiger partial charge in [-0.1, -0.05) is 12.1 Å². The average molecular weight is 499 g/mol. The highest BCUT2D eigenvalue weighted by Crippen LogP contribution is 2.24. The van der Waals surface area contributed by atoms with Crippen LogP contribution in [0, 0.1) is 0 Å². The van der Waals surface area contributed by atoms with Gasteiger partial charge in [0.1, 0.15) is 17.2 Å². The molecule has 0 radical (unpaired) electrons. The van der Waals surface area contributed by atoms with E-state index in [0.29, 0.717) is 6.54 Å². The molecule has 0 bridgehead atoms. The van der Waals surface area contributed by atoms with Crippen molar-refractivity contribution in [3.63, 3.8) is 0 Å². The lowest BCUT2D eigenvalue weighted by atomic mass is 10.1. The van der Waals surface area contributed by atoms with Gasteiger partial charge in [0.15, 0.2) is 5.96 Å². The van der Waals surface area contributed by atoms with Gasteiger partial charge < -0.3 is 24.8 Å². The van der Waals surface area contributed by atoms with Crippen molar-refractivity contribution in [1.29, 1.82) is 0 Å². The van der Waals surface area contributed by atoms with Crippen molar-refractivity contribution >= 4 is 29.9 Å². The predicted molar refractivity (Wildman–Crippen MR) is 124 cm³/mol. The Morgan fingerprint density at radius 1 is 0.893 bits per heavy atom. The highest BCUT2D eigenvalue weighted by Gasteiger charge is 2.06. The first-order valence-corrected chi connectivity index (χ1v) is 9.06. The maximum Gasteiger partial charge on any atom is 0.191 e. The van der Waals surface area contributed by atoms with Crippen LogP contribution in [0.3, 0.4) is 0 Å². The van der Waals surface area contributed by atoms with E-state index in [4.69, 9.17) is 14.2 Å². The van der Waals surface area contributed by atoms with Gasteiger partial charge in [-0.15, -0.1) is 24.0 Å². The van der Waals surface area contributed by atoms with Crippen LogP contribution in [-0.2, 0) is 13.0 Å². The second-order valence-electron chi connectivity index (χ2n) is 5.90. The van der Waals surface area contributed by atoms with Crippen LogP contribution in [0.4, 0.5) is 0 Å². The molecule has 28 heavy (non-hydrogen) atoms. The third-order valence-corrected chi connectivity index (χ3v) is 4.10. The average Bonchev–Trinajstić information content (AvgIpc) is 2.72. The molecule has 2 aromatic rings. The van der Waals surface area contributed by atoms with Crippen molar-refractivity contribution in [3.05, 3.63) is 53.6 Å². The molecule has 0 saturated heterocycles. The van der Waals surface area contributed by atoms with E-state index in [2.05, 4.69) is 22.5 Å². The summed E-state index contributed by atoms with van der Waals surface area (Å²) in [4.78, 5) is 4.64. The zero-order chi connectivity index (χ0) is 19.5. The summed E-state index contributed by atoms with van der Waals surface area (Å²) in [6.45, 7) is 4.19. The Hall–Kier alpha value is -2.16. The van der Waals surface area contributed by atoms with Crippen molar-refractivity contribution in [2.45, 2.75) is 19.9 Å².